The van der Waals surface area contributed by atoms with E-state index in [0.717, 1.165) is 28.8 Å². The van der Waals surface area contributed by atoms with Crippen LogP contribution in [0.5, 0.6) is 0 Å². The summed E-state index contributed by atoms with van der Waals surface area (Å²) in [6.07, 6.45) is -5.33. The molecule has 3 fully saturated rings. The van der Waals surface area contributed by atoms with E-state index < -0.39 is 71.3 Å². The molecule has 0 radical (unpaired) electrons. The Labute approximate surface area is 315 Å². The number of carbonyl (C=O) groups is 2. The lowest BCUT2D eigenvalue weighted by atomic mass is 9.75. The summed E-state index contributed by atoms with van der Waals surface area (Å²) in [6.45, 7) is 4.63. The minimum atomic E-state index is -4.75. The molecule has 2 aromatic carbocycles. The number of ether oxygens (including phenoxy) is 1. The third kappa shape index (κ3) is 7.23. The van der Waals surface area contributed by atoms with Gasteiger partial charge < -0.3 is 15.4 Å². The molecule has 3 N–H and O–H groups in total. The number of benzene rings is 2. The Balaban J connectivity index is 1.28. The largest absolute Gasteiger partial charge is 0.447 e. The van der Waals surface area contributed by atoms with Crippen LogP contribution in [-0.2, 0) is 15.1 Å². The number of amides is 2. The summed E-state index contributed by atoms with van der Waals surface area (Å²) < 4.78 is 93.1. The molecule has 7 rings (SSSR count). The summed E-state index contributed by atoms with van der Waals surface area (Å²) in [6, 6.07) is 8.83. The smallest absolute Gasteiger partial charge is 0.411 e. The number of aromatic nitrogens is 5. The lowest BCUT2D eigenvalue weighted by Crippen LogP contribution is -2.49. The van der Waals surface area contributed by atoms with Gasteiger partial charge in [-0.1, -0.05) is 50.6 Å². The van der Waals surface area contributed by atoms with Crippen molar-refractivity contribution >= 4 is 29.6 Å². The first-order valence-electron chi connectivity index (χ1n) is 17.4. The van der Waals surface area contributed by atoms with Crippen LogP contribution in [0.1, 0.15) is 88.3 Å². The number of hydrogen-bond acceptors (Lipinski definition) is 7. The molecule has 2 aromatic heterocycles. The lowest BCUT2D eigenvalue weighted by Gasteiger charge is -2.35. The highest BCUT2D eigenvalue weighted by molar-refractivity contribution is 6.32. The lowest BCUT2D eigenvalue weighted by molar-refractivity contribution is -0.164. The summed E-state index contributed by atoms with van der Waals surface area (Å²) in [4.78, 5) is 32.3. The van der Waals surface area contributed by atoms with Gasteiger partial charge in [0.15, 0.2) is 11.8 Å². The van der Waals surface area contributed by atoms with Crippen molar-refractivity contribution < 1.29 is 40.7 Å². The maximum absolute atomic E-state index is 16.4. The van der Waals surface area contributed by atoms with Gasteiger partial charge in [-0.15, -0.1) is 0 Å². The standard InChI is InChI=1S/C36H36ClF6N9O3/c1-33(2,3)17-35(22-8-4-19(14-24(22)38)25-10-13-50(49-25)21-6-7-21)30(53)51(31(44)47-35)27(16-55-32(54)48-34(11-12-34)36(41,42)43)20-5-9-23(37)26(15-20)52-29(28(39)40)45-18-46-52/h4-5,8-10,13-15,18,21,27-28H,6-7,11-12,16-17H2,1-3H3,(H2,44,47)(H,48,54)/t27?,35-/m1/s1. The van der Waals surface area contributed by atoms with Gasteiger partial charge in [-0.25, -0.2) is 27.6 Å². The van der Waals surface area contributed by atoms with Crippen LogP contribution >= 0.6 is 11.6 Å². The number of alkyl halides is 5. The topological polar surface area (TPSA) is 143 Å². The van der Waals surface area contributed by atoms with Crippen molar-refractivity contribution in [2.75, 3.05) is 6.61 Å². The van der Waals surface area contributed by atoms with Crippen molar-refractivity contribution in [2.24, 2.45) is 5.41 Å². The van der Waals surface area contributed by atoms with Crippen molar-refractivity contribution in [3.8, 4) is 16.9 Å². The Morgan fingerprint density at radius 2 is 1.85 bits per heavy atom. The van der Waals surface area contributed by atoms with Gasteiger partial charge >= 0.3 is 12.3 Å². The van der Waals surface area contributed by atoms with E-state index in [1.807, 2.05) is 37.0 Å². The Bertz CT molecular complexity index is 2160. The number of hydrogen-bond donors (Lipinski definition) is 3. The molecular weight excluding hydrogens is 756 g/mol. The minimum absolute atomic E-state index is 0.0466. The molecule has 2 amide bonds. The van der Waals surface area contributed by atoms with Gasteiger partial charge in [0.05, 0.1) is 28.5 Å². The summed E-state index contributed by atoms with van der Waals surface area (Å²) >= 11 is 6.41. The van der Waals surface area contributed by atoms with Crippen LogP contribution in [0, 0.1) is 16.6 Å². The molecule has 3 aliphatic rings. The summed E-state index contributed by atoms with van der Waals surface area (Å²) in [7, 11) is 0. The van der Waals surface area contributed by atoms with Crippen LogP contribution in [-0.4, -0.2) is 65.7 Å². The molecular formula is C36H36ClF6N9O3. The zero-order valence-corrected chi connectivity index (χ0v) is 30.5. The Morgan fingerprint density at radius 3 is 2.47 bits per heavy atom. The van der Waals surface area contributed by atoms with Gasteiger partial charge in [0.2, 0.25) is 0 Å². The average Bonchev–Trinajstić information content (AvgIpc) is 3.97. The fourth-order valence-corrected chi connectivity index (χ4v) is 7.16. The highest BCUT2D eigenvalue weighted by atomic mass is 35.5. The molecule has 1 saturated heterocycles. The van der Waals surface area contributed by atoms with Crippen LogP contribution < -0.4 is 10.6 Å². The number of nitrogens with zero attached hydrogens (tertiary/aromatic N) is 6. The van der Waals surface area contributed by atoms with Crippen molar-refractivity contribution in [3.05, 3.63) is 82.8 Å². The second-order valence-corrected chi connectivity index (χ2v) is 15.7. The molecule has 0 spiro atoms. The molecule has 292 valence electrons. The van der Waals surface area contributed by atoms with E-state index >= 15 is 4.39 Å². The van der Waals surface area contributed by atoms with Gasteiger partial charge in [0.1, 0.15) is 29.8 Å². The predicted molar refractivity (Wildman–Crippen MR) is 186 cm³/mol. The van der Waals surface area contributed by atoms with E-state index in [0.29, 0.717) is 17.3 Å². The maximum Gasteiger partial charge on any atom is 0.411 e. The Morgan fingerprint density at radius 1 is 1.13 bits per heavy atom. The monoisotopic (exact) mass is 791 g/mol. The van der Waals surface area contributed by atoms with Crippen molar-refractivity contribution in [3.63, 3.8) is 0 Å². The van der Waals surface area contributed by atoms with Crippen LogP contribution in [0.15, 0.2) is 55.0 Å². The van der Waals surface area contributed by atoms with Crippen molar-refractivity contribution in [1.82, 2.24) is 40.1 Å². The van der Waals surface area contributed by atoms with Crippen molar-refractivity contribution in [1.29, 1.82) is 5.41 Å². The van der Waals surface area contributed by atoms with Gasteiger partial charge in [-0.05, 0) is 67.3 Å². The van der Waals surface area contributed by atoms with E-state index in [1.165, 1.54) is 30.3 Å². The third-order valence-electron chi connectivity index (χ3n) is 9.88. The first-order valence-corrected chi connectivity index (χ1v) is 17.8. The van der Waals surface area contributed by atoms with E-state index in [9.17, 15) is 31.5 Å². The number of alkyl carbamates (subject to hydrolysis) is 1. The second-order valence-electron chi connectivity index (χ2n) is 15.3. The normalized spacial score (nSPS) is 20.2. The van der Waals surface area contributed by atoms with Crippen LogP contribution in [0.4, 0.5) is 31.1 Å². The zero-order valence-electron chi connectivity index (χ0n) is 29.7. The highest BCUT2D eigenvalue weighted by Gasteiger charge is 2.65. The summed E-state index contributed by atoms with van der Waals surface area (Å²) in [5.74, 6) is -2.92. The van der Waals surface area contributed by atoms with E-state index in [-0.39, 0.29) is 41.1 Å². The van der Waals surface area contributed by atoms with Gasteiger partial charge in [-0.2, -0.15) is 23.4 Å². The fraction of sp³-hybridized carbons (Fsp3) is 0.444. The molecule has 1 aliphatic heterocycles. The zero-order chi connectivity index (χ0) is 39.7. The first-order chi connectivity index (χ1) is 25.8. The number of halogens is 7. The molecule has 3 heterocycles. The number of carbonyl (C=O) groups excluding carboxylic acids is 2. The highest BCUT2D eigenvalue weighted by Crippen LogP contribution is 2.49. The maximum atomic E-state index is 16.4. The number of rotatable bonds is 11. The molecule has 2 saturated carbocycles. The van der Waals surface area contributed by atoms with Gasteiger partial charge in [0, 0.05) is 17.3 Å². The van der Waals surface area contributed by atoms with Crippen LogP contribution in [0.2, 0.25) is 5.02 Å². The van der Waals surface area contributed by atoms with Crippen molar-refractivity contribution in [2.45, 2.75) is 88.6 Å². The van der Waals surface area contributed by atoms with Gasteiger partial charge in [-0.3, -0.25) is 19.8 Å². The first kappa shape index (κ1) is 38.2. The third-order valence-corrected chi connectivity index (χ3v) is 10.2. The molecule has 12 nitrogen and oxygen atoms in total. The molecule has 19 heteroatoms. The second kappa shape index (κ2) is 13.6. The molecule has 4 aromatic rings. The summed E-state index contributed by atoms with van der Waals surface area (Å²) in [5, 5.41) is 22.2. The number of nitrogens with one attached hydrogen (secondary N) is 3. The van der Waals surface area contributed by atoms with E-state index in [2.05, 4.69) is 20.5 Å². The van der Waals surface area contributed by atoms with Crippen LogP contribution in [0.25, 0.3) is 16.9 Å². The van der Waals surface area contributed by atoms with Crippen LogP contribution in [0.3, 0.4) is 0 Å². The SMILES string of the molecule is CC(C)(C)C[C@]1(c2ccc(-c3ccn(C4CC4)n3)cc2F)NC(=N)N(C(COC(=O)NC2(C(F)(F)F)CC2)c2ccc(Cl)c(-n3ncnc3C(F)F)c2)C1=O. The van der Waals surface area contributed by atoms with Gasteiger partial charge in [0.25, 0.3) is 12.3 Å². The molecule has 2 aliphatic carbocycles. The molecule has 0 bridgehead atoms. The van der Waals surface area contributed by atoms with E-state index in [4.69, 9.17) is 21.7 Å². The summed E-state index contributed by atoms with van der Waals surface area (Å²) in [5.41, 5.74) is -4.20. The fourth-order valence-electron chi connectivity index (χ4n) is 6.96. The minimum Gasteiger partial charge on any atom is -0.447 e. The quantitative estimate of drug-likeness (QED) is 0.132. The Kier molecular flexibility index (Phi) is 9.41. The molecule has 2 atom stereocenters. The molecule has 1 unspecified atom stereocenters. The number of guanidine groups is 1. The molecule has 55 heavy (non-hydrogen) atoms. The Hall–Kier alpha value is -5.13. The van der Waals surface area contributed by atoms with E-state index in [1.54, 1.807) is 12.1 Å². The average molecular weight is 792 g/mol. The predicted octanol–water partition coefficient (Wildman–Crippen LogP) is 7.76.